The zero-order valence-electron chi connectivity index (χ0n) is 16.8. The van der Waals surface area contributed by atoms with E-state index in [2.05, 4.69) is 19.8 Å². The third-order valence-electron chi connectivity index (χ3n) is 5.03. The molecule has 154 valence electrons. The molecule has 0 atom stereocenters. The van der Waals surface area contributed by atoms with Gasteiger partial charge in [-0.1, -0.05) is 13.0 Å². The Labute approximate surface area is 167 Å². The number of aryl methyl sites for hydroxylation is 1. The van der Waals surface area contributed by atoms with Crippen LogP contribution < -0.4 is 4.90 Å². The van der Waals surface area contributed by atoms with Crippen molar-refractivity contribution < 1.29 is 13.2 Å². The molecule has 8 nitrogen and oxygen atoms in total. The highest BCUT2D eigenvalue weighted by Crippen LogP contribution is 2.18. The van der Waals surface area contributed by atoms with Crippen LogP contribution in [-0.4, -0.2) is 73.5 Å². The van der Waals surface area contributed by atoms with Crippen LogP contribution in [0.15, 0.2) is 29.6 Å². The van der Waals surface area contributed by atoms with Crippen LogP contribution in [0.25, 0.3) is 0 Å². The van der Waals surface area contributed by atoms with Crippen molar-refractivity contribution in [3.05, 3.63) is 35.8 Å². The van der Waals surface area contributed by atoms with Crippen molar-refractivity contribution in [1.82, 2.24) is 19.4 Å². The van der Waals surface area contributed by atoms with E-state index in [-0.39, 0.29) is 10.9 Å². The largest absolute Gasteiger partial charge is 0.383 e. The number of anilines is 1. The summed E-state index contributed by atoms with van der Waals surface area (Å²) in [5, 5.41) is 0.143. The van der Waals surface area contributed by atoms with Crippen molar-refractivity contribution in [2.45, 2.75) is 32.1 Å². The SMILES string of the molecule is CCS(=O)(=O)c1ncc(CN2CCN(c3cccc(C)n3)CC2)n1CCOC. The van der Waals surface area contributed by atoms with Crippen molar-refractivity contribution in [3.8, 4) is 0 Å². The second-order valence-corrected chi connectivity index (χ2v) is 9.15. The van der Waals surface area contributed by atoms with Crippen LogP contribution in [0.3, 0.4) is 0 Å². The maximum Gasteiger partial charge on any atom is 0.227 e. The summed E-state index contributed by atoms with van der Waals surface area (Å²) in [7, 11) is -1.75. The minimum absolute atomic E-state index is 0.0403. The summed E-state index contributed by atoms with van der Waals surface area (Å²) >= 11 is 0. The van der Waals surface area contributed by atoms with Crippen LogP contribution in [0.4, 0.5) is 5.82 Å². The Morgan fingerprint density at radius 1 is 1.18 bits per heavy atom. The van der Waals surface area contributed by atoms with Gasteiger partial charge in [0.2, 0.25) is 15.0 Å². The summed E-state index contributed by atoms with van der Waals surface area (Å²) in [4.78, 5) is 13.4. The average Bonchev–Trinajstić information content (AvgIpc) is 3.10. The predicted molar refractivity (Wildman–Crippen MR) is 108 cm³/mol. The molecule has 0 spiro atoms. The number of nitrogens with zero attached hydrogens (tertiary/aromatic N) is 5. The van der Waals surface area contributed by atoms with Gasteiger partial charge in [-0.2, -0.15) is 0 Å². The Bertz CT molecular complexity index is 889. The number of aromatic nitrogens is 3. The van der Waals surface area contributed by atoms with E-state index in [1.54, 1.807) is 24.8 Å². The second-order valence-electron chi connectivity index (χ2n) is 6.98. The molecule has 0 amide bonds. The molecule has 0 saturated carbocycles. The van der Waals surface area contributed by atoms with Crippen molar-refractivity contribution >= 4 is 15.7 Å². The fraction of sp³-hybridized carbons (Fsp3) is 0.579. The Hall–Kier alpha value is -1.97. The second kappa shape index (κ2) is 9.02. The minimum atomic E-state index is -3.37. The summed E-state index contributed by atoms with van der Waals surface area (Å²) < 4.78 is 31.7. The van der Waals surface area contributed by atoms with E-state index in [4.69, 9.17) is 4.74 Å². The Morgan fingerprint density at radius 2 is 1.93 bits per heavy atom. The molecule has 0 aliphatic carbocycles. The number of hydrogen-bond acceptors (Lipinski definition) is 7. The fourth-order valence-electron chi connectivity index (χ4n) is 3.39. The zero-order chi connectivity index (χ0) is 20.1. The van der Waals surface area contributed by atoms with Crippen molar-refractivity contribution in [2.75, 3.05) is 50.5 Å². The maximum atomic E-state index is 12.4. The third-order valence-corrected chi connectivity index (χ3v) is 6.68. The van der Waals surface area contributed by atoms with Gasteiger partial charge in [0.1, 0.15) is 5.82 Å². The topological polar surface area (TPSA) is 80.6 Å². The van der Waals surface area contributed by atoms with E-state index in [0.29, 0.717) is 19.7 Å². The molecular weight excluding hydrogens is 378 g/mol. The van der Waals surface area contributed by atoms with Crippen LogP contribution in [0, 0.1) is 6.92 Å². The van der Waals surface area contributed by atoms with Gasteiger partial charge in [-0.15, -0.1) is 0 Å². The molecule has 1 fully saturated rings. The molecule has 2 aromatic heterocycles. The van der Waals surface area contributed by atoms with Gasteiger partial charge in [-0.05, 0) is 19.1 Å². The monoisotopic (exact) mass is 407 g/mol. The Kier molecular flexibility index (Phi) is 6.69. The molecule has 0 aromatic carbocycles. The quantitative estimate of drug-likeness (QED) is 0.653. The highest BCUT2D eigenvalue weighted by atomic mass is 32.2. The summed E-state index contributed by atoms with van der Waals surface area (Å²) in [5.74, 6) is 1.06. The molecule has 0 unspecified atom stereocenters. The van der Waals surface area contributed by atoms with E-state index in [1.165, 1.54) is 0 Å². The van der Waals surface area contributed by atoms with E-state index in [9.17, 15) is 8.42 Å². The third kappa shape index (κ3) is 4.71. The molecule has 0 bridgehead atoms. The minimum Gasteiger partial charge on any atom is -0.383 e. The van der Waals surface area contributed by atoms with Gasteiger partial charge in [0.05, 0.1) is 24.3 Å². The molecule has 3 rings (SSSR count). The molecule has 3 heterocycles. The lowest BCUT2D eigenvalue weighted by atomic mass is 10.2. The molecule has 9 heteroatoms. The fourth-order valence-corrected chi connectivity index (χ4v) is 4.40. The lowest BCUT2D eigenvalue weighted by Gasteiger charge is -2.35. The van der Waals surface area contributed by atoms with Gasteiger partial charge in [0.25, 0.3) is 0 Å². The maximum absolute atomic E-state index is 12.4. The summed E-state index contributed by atoms with van der Waals surface area (Å²) in [6.07, 6.45) is 1.69. The number of hydrogen-bond donors (Lipinski definition) is 0. The lowest BCUT2D eigenvalue weighted by Crippen LogP contribution is -2.46. The normalized spacial score (nSPS) is 15.9. The number of pyridine rings is 1. The molecule has 1 saturated heterocycles. The van der Waals surface area contributed by atoms with Gasteiger partial charge in [0, 0.05) is 52.1 Å². The number of rotatable bonds is 8. The summed E-state index contributed by atoms with van der Waals surface area (Å²) in [6.45, 7) is 8.81. The summed E-state index contributed by atoms with van der Waals surface area (Å²) in [5.41, 5.74) is 1.93. The molecule has 28 heavy (non-hydrogen) atoms. The number of imidazole rings is 1. The van der Waals surface area contributed by atoms with Crippen molar-refractivity contribution in [3.63, 3.8) is 0 Å². The van der Waals surface area contributed by atoms with Gasteiger partial charge >= 0.3 is 0 Å². The van der Waals surface area contributed by atoms with Gasteiger partial charge in [0.15, 0.2) is 0 Å². The predicted octanol–water partition coefficient (Wildman–Crippen LogP) is 1.35. The van der Waals surface area contributed by atoms with Crippen LogP contribution in [-0.2, 0) is 27.7 Å². The molecule has 0 N–H and O–H groups in total. The lowest BCUT2D eigenvalue weighted by molar-refractivity contribution is 0.180. The summed E-state index contributed by atoms with van der Waals surface area (Å²) in [6, 6.07) is 6.08. The Morgan fingerprint density at radius 3 is 2.57 bits per heavy atom. The molecule has 0 radical (unpaired) electrons. The molecule has 1 aliphatic heterocycles. The van der Waals surface area contributed by atoms with Gasteiger partial charge < -0.3 is 14.2 Å². The highest BCUT2D eigenvalue weighted by Gasteiger charge is 2.24. The number of sulfone groups is 1. The first kappa shape index (κ1) is 20.8. The number of ether oxygens (including phenoxy) is 1. The zero-order valence-corrected chi connectivity index (χ0v) is 17.7. The van der Waals surface area contributed by atoms with Crippen molar-refractivity contribution in [2.24, 2.45) is 0 Å². The first-order valence-electron chi connectivity index (χ1n) is 9.61. The van der Waals surface area contributed by atoms with Crippen LogP contribution >= 0.6 is 0 Å². The molecule has 1 aliphatic rings. The first-order chi connectivity index (χ1) is 13.4. The van der Waals surface area contributed by atoms with Crippen molar-refractivity contribution in [1.29, 1.82) is 0 Å². The van der Waals surface area contributed by atoms with Crippen LogP contribution in [0.2, 0.25) is 0 Å². The van der Waals surface area contributed by atoms with E-state index >= 15 is 0 Å². The van der Waals surface area contributed by atoms with Crippen LogP contribution in [0.5, 0.6) is 0 Å². The first-order valence-corrected chi connectivity index (χ1v) is 11.3. The Balaban J connectivity index is 1.69. The molecular formula is C19H29N5O3S. The average molecular weight is 408 g/mol. The van der Waals surface area contributed by atoms with E-state index in [0.717, 1.165) is 43.4 Å². The number of piperazine rings is 1. The number of methoxy groups -OCH3 is 1. The van der Waals surface area contributed by atoms with Gasteiger partial charge in [-0.3, -0.25) is 4.90 Å². The smallest absolute Gasteiger partial charge is 0.227 e. The standard InChI is InChI=1S/C19H29N5O3S/c1-4-28(25,26)19-20-14-17(24(19)12-13-27-3)15-22-8-10-23(11-9-22)18-7-5-6-16(2)21-18/h5-7,14H,4,8-13,15H2,1-3H3. The van der Waals surface area contributed by atoms with E-state index in [1.807, 2.05) is 25.1 Å². The van der Waals surface area contributed by atoms with Gasteiger partial charge in [-0.25, -0.2) is 18.4 Å². The molecule has 2 aromatic rings. The van der Waals surface area contributed by atoms with E-state index < -0.39 is 9.84 Å². The van der Waals surface area contributed by atoms with Crippen LogP contribution in [0.1, 0.15) is 18.3 Å². The highest BCUT2D eigenvalue weighted by molar-refractivity contribution is 7.91.